The molecule has 0 aromatic rings. The van der Waals surface area contributed by atoms with E-state index in [1.54, 1.807) is 0 Å². The third-order valence-corrected chi connectivity index (χ3v) is 4.66. The van der Waals surface area contributed by atoms with E-state index in [0.29, 0.717) is 30.7 Å². The Morgan fingerprint density at radius 2 is 2.05 bits per heavy atom. The molecule has 20 heavy (non-hydrogen) atoms. The topological polar surface area (TPSA) is 75.4 Å². The standard InChI is InChI=1S/C16H32N2O2/c1-2-4-13(9-10-17)7-8-16(20)18-11-14-5-3-6-15(14)12-19/h13-15,19H,2-12,17H2,1H3,(H,18,20). The molecule has 0 radical (unpaired) electrons. The van der Waals surface area contributed by atoms with Crippen LogP contribution < -0.4 is 11.1 Å². The van der Waals surface area contributed by atoms with E-state index >= 15 is 0 Å². The molecule has 118 valence electrons. The zero-order valence-electron chi connectivity index (χ0n) is 12.9. The van der Waals surface area contributed by atoms with Gasteiger partial charge in [-0.1, -0.05) is 26.2 Å². The largest absolute Gasteiger partial charge is 0.396 e. The second-order valence-corrected chi connectivity index (χ2v) is 6.21. The van der Waals surface area contributed by atoms with Gasteiger partial charge in [-0.25, -0.2) is 0 Å². The molecule has 1 fully saturated rings. The van der Waals surface area contributed by atoms with Crippen molar-refractivity contribution in [3.05, 3.63) is 0 Å². The van der Waals surface area contributed by atoms with Gasteiger partial charge in [0.1, 0.15) is 0 Å². The van der Waals surface area contributed by atoms with Gasteiger partial charge in [-0.05, 0) is 50.0 Å². The smallest absolute Gasteiger partial charge is 0.220 e. The summed E-state index contributed by atoms with van der Waals surface area (Å²) in [6.45, 7) is 3.89. The summed E-state index contributed by atoms with van der Waals surface area (Å²) in [7, 11) is 0. The van der Waals surface area contributed by atoms with Gasteiger partial charge < -0.3 is 16.2 Å². The van der Waals surface area contributed by atoms with Gasteiger partial charge in [0.15, 0.2) is 0 Å². The molecular formula is C16H32N2O2. The first-order chi connectivity index (χ1) is 9.71. The molecule has 0 spiro atoms. The van der Waals surface area contributed by atoms with Gasteiger partial charge in [-0.3, -0.25) is 4.79 Å². The van der Waals surface area contributed by atoms with Crippen molar-refractivity contribution in [3.8, 4) is 0 Å². The van der Waals surface area contributed by atoms with Gasteiger partial charge >= 0.3 is 0 Å². The van der Waals surface area contributed by atoms with E-state index in [1.165, 1.54) is 12.8 Å². The molecule has 1 rings (SSSR count). The summed E-state index contributed by atoms with van der Waals surface area (Å²) >= 11 is 0. The van der Waals surface area contributed by atoms with E-state index in [1.807, 2.05) is 0 Å². The number of carbonyl (C=O) groups excluding carboxylic acids is 1. The molecule has 0 saturated heterocycles. The zero-order valence-corrected chi connectivity index (χ0v) is 12.9. The van der Waals surface area contributed by atoms with Gasteiger partial charge in [0, 0.05) is 19.6 Å². The molecule has 4 nitrogen and oxygen atoms in total. The van der Waals surface area contributed by atoms with Gasteiger partial charge in [0.05, 0.1) is 0 Å². The lowest BCUT2D eigenvalue weighted by Crippen LogP contribution is -2.31. The molecule has 0 aromatic heterocycles. The summed E-state index contributed by atoms with van der Waals surface area (Å²) in [6.07, 6.45) is 8.33. The molecular weight excluding hydrogens is 252 g/mol. The van der Waals surface area contributed by atoms with Crippen LogP contribution in [0, 0.1) is 17.8 Å². The number of nitrogens with two attached hydrogens (primary N) is 1. The van der Waals surface area contributed by atoms with E-state index in [4.69, 9.17) is 5.73 Å². The van der Waals surface area contributed by atoms with Crippen LogP contribution in [-0.2, 0) is 4.79 Å². The maximum absolute atomic E-state index is 11.9. The molecule has 0 aromatic carbocycles. The molecule has 0 aliphatic heterocycles. The normalized spacial score (nSPS) is 23.8. The highest BCUT2D eigenvalue weighted by Gasteiger charge is 2.26. The molecule has 3 unspecified atom stereocenters. The maximum Gasteiger partial charge on any atom is 0.220 e. The SMILES string of the molecule is CCCC(CCN)CCC(=O)NCC1CCCC1CO. The molecule has 1 amide bonds. The van der Waals surface area contributed by atoms with Crippen LogP contribution >= 0.6 is 0 Å². The summed E-state index contributed by atoms with van der Waals surface area (Å²) < 4.78 is 0. The van der Waals surface area contributed by atoms with Crippen molar-refractivity contribution < 1.29 is 9.90 Å². The van der Waals surface area contributed by atoms with Crippen LogP contribution in [0.2, 0.25) is 0 Å². The Morgan fingerprint density at radius 3 is 2.70 bits per heavy atom. The lowest BCUT2D eigenvalue weighted by molar-refractivity contribution is -0.121. The number of amides is 1. The summed E-state index contributed by atoms with van der Waals surface area (Å²) in [4.78, 5) is 11.9. The highest BCUT2D eigenvalue weighted by molar-refractivity contribution is 5.75. The lowest BCUT2D eigenvalue weighted by Gasteiger charge is -2.18. The van der Waals surface area contributed by atoms with Crippen molar-refractivity contribution in [2.45, 2.75) is 58.3 Å². The van der Waals surface area contributed by atoms with Crippen molar-refractivity contribution in [2.75, 3.05) is 19.7 Å². The monoisotopic (exact) mass is 284 g/mol. The lowest BCUT2D eigenvalue weighted by atomic mass is 9.94. The van der Waals surface area contributed by atoms with Crippen LogP contribution in [0.4, 0.5) is 0 Å². The average Bonchev–Trinajstić information content (AvgIpc) is 2.90. The fraction of sp³-hybridized carbons (Fsp3) is 0.938. The van der Waals surface area contributed by atoms with Gasteiger partial charge in [0.2, 0.25) is 5.91 Å². The maximum atomic E-state index is 11.9. The van der Waals surface area contributed by atoms with Gasteiger partial charge in [0.25, 0.3) is 0 Å². The Bertz CT molecular complexity index is 265. The van der Waals surface area contributed by atoms with Crippen LogP contribution in [-0.4, -0.2) is 30.7 Å². The molecule has 1 saturated carbocycles. The summed E-state index contributed by atoms with van der Waals surface area (Å²) in [5.41, 5.74) is 5.61. The zero-order chi connectivity index (χ0) is 14.8. The first-order valence-corrected chi connectivity index (χ1v) is 8.28. The predicted molar refractivity (Wildman–Crippen MR) is 82.2 cm³/mol. The number of carbonyl (C=O) groups is 1. The number of hydrogen-bond acceptors (Lipinski definition) is 3. The fourth-order valence-corrected chi connectivity index (χ4v) is 3.37. The van der Waals surface area contributed by atoms with Crippen LogP contribution in [0.3, 0.4) is 0 Å². The minimum atomic E-state index is 0.159. The molecule has 0 heterocycles. The average molecular weight is 284 g/mol. The number of hydrogen-bond donors (Lipinski definition) is 3. The van der Waals surface area contributed by atoms with E-state index in [9.17, 15) is 9.90 Å². The number of aliphatic hydroxyl groups excluding tert-OH is 1. The second-order valence-electron chi connectivity index (χ2n) is 6.21. The van der Waals surface area contributed by atoms with Crippen LogP contribution in [0.25, 0.3) is 0 Å². The third kappa shape index (κ3) is 6.23. The Kier molecular flexibility index (Phi) is 8.86. The summed E-state index contributed by atoms with van der Waals surface area (Å²) in [5, 5.41) is 12.3. The van der Waals surface area contributed by atoms with E-state index in [0.717, 1.165) is 38.6 Å². The highest BCUT2D eigenvalue weighted by atomic mass is 16.3. The molecule has 3 atom stereocenters. The molecule has 1 aliphatic carbocycles. The first-order valence-electron chi connectivity index (χ1n) is 8.28. The van der Waals surface area contributed by atoms with Crippen molar-refractivity contribution in [2.24, 2.45) is 23.5 Å². The Hall–Kier alpha value is -0.610. The van der Waals surface area contributed by atoms with E-state index in [-0.39, 0.29) is 12.5 Å². The summed E-state index contributed by atoms with van der Waals surface area (Å²) in [6, 6.07) is 0. The Balaban J connectivity index is 2.19. The number of nitrogens with one attached hydrogen (secondary N) is 1. The Labute approximate surface area is 123 Å². The number of aliphatic hydroxyl groups is 1. The van der Waals surface area contributed by atoms with Crippen LogP contribution in [0.15, 0.2) is 0 Å². The van der Waals surface area contributed by atoms with Crippen molar-refractivity contribution in [1.82, 2.24) is 5.32 Å². The van der Waals surface area contributed by atoms with Crippen LogP contribution in [0.5, 0.6) is 0 Å². The number of rotatable bonds is 10. The fourth-order valence-electron chi connectivity index (χ4n) is 3.37. The highest BCUT2D eigenvalue weighted by Crippen LogP contribution is 2.30. The molecule has 4 heteroatoms. The van der Waals surface area contributed by atoms with Gasteiger partial charge in [-0.15, -0.1) is 0 Å². The quantitative estimate of drug-likeness (QED) is 0.575. The third-order valence-electron chi connectivity index (χ3n) is 4.66. The van der Waals surface area contributed by atoms with Gasteiger partial charge in [-0.2, -0.15) is 0 Å². The molecule has 0 bridgehead atoms. The minimum absolute atomic E-state index is 0.159. The van der Waals surface area contributed by atoms with Crippen LogP contribution in [0.1, 0.15) is 58.3 Å². The first kappa shape index (κ1) is 17.4. The van der Waals surface area contributed by atoms with E-state index in [2.05, 4.69) is 12.2 Å². The Morgan fingerprint density at radius 1 is 1.30 bits per heavy atom. The van der Waals surface area contributed by atoms with Crippen molar-refractivity contribution in [3.63, 3.8) is 0 Å². The summed E-state index contributed by atoms with van der Waals surface area (Å²) in [5.74, 6) is 1.61. The molecule has 4 N–H and O–H groups in total. The second kappa shape index (κ2) is 10.2. The van der Waals surface area contributed by atoms with Crippen molar-refractivity contribution >= 4 is 5.91 Å². The predicted octanol–water partition coefficient (Wildman–Crippen LogP) is 2.06. The van der Waals surface area contributed by atoms with E-state index < -0.39 is 0 Å². The molecule has 1 aliphatic rings. The minimum Gasteiger partial charge on any atom is -0.396 e. The van der Waals surface area contributed by atoms with Crippen molar-refractivity contribution in [1.29, 1.82) is 0 Å².